The van der Waals surface area contributed by atoms with Gasteiger partial charge in [0.1, 0.15) is 5.82 Å². The summed E-state index contributed by atoms with van der Waals surface area (Å²) in [6.45, 7) is 2.98. The molecule has 0 aliphatic carbocycles. The highest BCUT2D eigenvalue weighted by Gasteiger charge is 2.23. The molecule has 0 amide bonds. The number of ether oxygens (including phenoxy) is 1. The zero-order valence-electron chi connectivity index (χ0n) is 17.8. The van der Waals surface area contributed by atoms with E-state index in [1.807, 2.05) is 58.3 Å². The van der Waals surface area contributed by atoms with E-state index in [4.69, 9.17) is 26.4 Å². The quantitative estimate of drug-likeness (QED) is 0.497. The first-order valence-electron chi connectivity index (χ1n) is 10.9. The maximum atomic E-state index is 6.19. The summed E-state index contributed by atoms with van der Waals surface area (Å²) in [5, 5.41) is 7.53. The highest BCUT2D eigenvalue weighted by Crippen LogP contribution is 2.30. The van der Waals surface area contributed by atoms with Crippen LogP contribution < -0.4 is 15.3 Å². The molecule has 33 heavy (non-hydrogen) atoms. The van der Waals surface area contributed by atoms with Gasteiger partial charge in [-0.2, -0.15) is 9.61 Å². The minimum Gasteiger partial charge on any atom is -0.378 e. The van der Waals surface area contributed by atoms with Crippen LogP contribution in [0.2, 0.25) is 5.02 Å². The Morgan fingerprint density at radius 2 is 1.97 bits per heavy atom. The largest absolute Gasteiger partial charge is 0.378 e. The normalized spacial score (nSPS) is 18.4. The summed E-state index contributed by atoms with van der Waals surface area (Å²) in [5.74, 6) is 1.78. The van der Waals surface area contributed by atoms with Crippen LogP contribution in [0.5, 0.6) is 0 Å². The number of halogens is 1. The highest BCUT2D eigenvalue weighted by atomic mass is 35.5. The van der Waals surface area contributed by atoms with E-state index in [1.54, 1.807) is 6.20 Å². The third-order valence-corrected chi connectivity index (χ3v) is 6.08. The lowest BCUT2D eigenvalue weighted by molar-refractivity contribution is 0.122. The number of benzene rings is 1. The lowest BCUT2D eigenvalue weighted by Crippen LogP contribution is -2.38. The molecule has 0 bridgehead atoms. The van der Waals surface area contributed by atoms with E-state index >= 15 is 0 Å². The molecule has 2 aliphatic rings. The van der Waals surface area contributed by atoms with Crippen molar-refractivity contribution in [1.82, 2.24) is 25.0 Å². The first-order valence-corrected chi connectivity index (χ1v) is 11.3. The SMILES string of the molecule is Clc1cccc(C2C=CN(c3cc(N4CCOCC4)n4nc(-c5cccnc5)cc4n3)N2)c1. The van der Waals surface area contributed by atoms with Crippen molar-refractivity contribution in [2.45, 2.75) is 6.04 Å². The van der Waals surface area contributed by atoms with Gasteiger partial charge in [0.2, 0.25) is 0 Å². The van der Waals surface area contributed by atoms with E-state index in [9.17, 15) is 0 Å². The Balaban J connectivity index is 1.39. The van der Waals surface area contributed by atoms with Gasteiger partial charge in [0.25, 0.3) is 0 Å². The van der Waals surface area contributed by atoms with E-state index in [0.717, 1.165) is 52.2 Å². The Labute approximate surface area is 196 Å². The van der Waals surface area contributed by atoms with Gasteiger partial charge in [-0.3, -0.25) is 9.99 Å². The van der Waals surface area contributed by atoms with Gasteiger partial charge in [-0.25, -0.2) is 10.4 Å². The maximum Gasteiger partial charge on any atom is 0.160 e. The van der Waals surface area contributed by atoms with Gasteiger partial charge < -0.3 is 9.64 Å². The minimum atomic E-state index is 0.0180. The summed E-state index contributed by atoms with van der Waals surface area (Å²) in [7, 11) is 0. The van der Waals surface area contributed by atoms with Gasteiger partial charge in [-0.05, 0) is 35.9 Å². The van der Waals surface area contributed by atoms with Crippen LogP contribution in [0.25, 0.3) is 16.9 Å². The molecular formula is C24H22ClN7O. The second kappa shape index (κ2) is 8.47. The molecule has 4 aromatic rings. The van der Waals surface area contributed by atoms with Crippen LogP contribution in [0.15, 0.2) is 73.2 Å². The van der Waals surface area contributed by atoms with Crippen molar-refractivity contribution in [1.29, 1.82) is 0 Å². The Morgan fingerprint density at radius 3 is 2.79 bits per heavy atom. The molecule has 1 N–H and O–H groups in total. The van der Waals surface area contributed by atoms with E-state index in [0.29, 0.717) is 13.2 Å². The van der Waals surface area contributed by atoms with Crippen LogP contribution in [0.3, 0.4) is 0 Å². The average Bonchev–Trinajstić information content (AvgIpc) is 3.52. The number of nitrogens with zero attached hydrogens (tertiary/aromatic N) is 6. The number of nitrogens with one attached hydrogen (secondary N) is 1. The van der Waals surface area contributed by atoms with E-state index in [-0.39, 0.29) is 6.04 Å². The number of rotatable bonds is 4. The standard InChI is InChI=1S/C24H22ClN7O/c25-19-5-1-3-17(13-19)20-6-8-31(28-20)22-15-24(30-9-11-33-12-10-30)32-23(27-22)14-21(29-32)18-4-2-7-26-16-18/h1-8,13-16,20,28H,9-12H2. The number of hydrogen-bond donors (Lipinski definition) is 1. The van der Waals surface area contributed by atoms with Crippen molar-refractivity contribution in [3.8, 4) is 11.3 Å². The Kier molecular flexibility index (Phi) is 5.18. The number of pyridine rings is 1. The monoisotopic (exact) mass is 459 g/mol. The Hall–Kier alpha value is -3.46. The number of hydrazine groups is 1. The van der Waals surface area contributed by atoms with Crippen molar-refractivity contribution in [2.24, 2.45) is 0 Å². The third kappa shape index (κ3) is 3.93. The summed E-state index contributed by atoms with van der Waals surface area (Å²) in [5.41, 5.74) is 7.16. The fourth-order valence-electron chi connectivity index (χ4n) is 4.18. The van der Waals surface area contributed by atoms with E-state index in [2.05, 4.69) is 33.5 Å². The average molecular weight is 460 g/mol. The van der Waals surface area contributed by atoms with Crippen LogP contribution >= 0.6 is 11.6 Å². The van der Waals surface area contributed by atoms with Crippen molar-refractivity contribution in [3.05, 3.63) is 83.8 Å². The second-order valence-electron chi connectivity index (χ2n) is 7.99. The summed E-state index contributed by atoms with van der Waals surface area (Å²) in [6, 6.07) is 15.9. The molecule has 1 unspecified atom stereocenters. The summed E-state index contributed by atoms with van der Waals surface area (Å²) < 4.78 is 7.48. The maximum absolute atomic E-state index is 6.19. The number of fused-ring (bicyclic) bond motifs is 1. The van der Waals surface area contributed by atoms with Crippen molar-refractivity contribution < 1.29 is 4.74 Å². The van der Waals surface area contributed by atoms with Crippen LogP contribution in [-0.4, -0.2) is 45.9 Å². The lowest BCUT2D eigenvalue weighted by Gasteiger charge is -2.29. The zero-order chi connectivity index (χ0) is 22.2. The van der Waals surface area contributed by atoms with Crippen LogP contribution in [-0.2, 0) is 4.74 Å². The predicted octanol–water partition coefficient (Wildman–Crippen LogP) is 3.86. The zero-order valence-corrected chi connectivity index (χ0v) is 18.6. The molecule has 5 heterocycles. The first kappa shape index (κ1) is 20.2. The fourth-order valence-corrected chi connectivity index (χ4v) is 4.38. The number of aromatic nitrogens is 4. The Morgan fingerprint density at radius 1 is 1.06 bits per heavy atom. The van der Waals surface area contributed by atoms with Crippen molar-refractivity contribution in [2.75, 3.05) is 36.2 Å². The molecule has 3 aromatic heterocycles. The highest BCUT2D eigenvalue weighted by molar-refractivity contribution is 6.30. The molecule has 0 radical (unpaired) electrons. The first-order chi connectivity index (χ1) is 16.2. The van der Waals surface area contributed by atoms with Crippen molar-refractivity contribution in [3.63, 3.8) is 0 Å². The molecule has 1 atom stereocenters. The minimum absolute atomic E-state index is 0.0180. The molecule has 166 valence electrons. The van der Waals surface area contributed by atoms with E-state index < -0.39 is 0 Å². The Bertz CT molecular complexity index is 1320. The van der Waals surface area contributed by atoms with Crippen LogP contribution in [0, 0.1) is 0 Å². The molecule has 8 nitrogen and oxygen atoms in total. The lowest BCUT2D eigenvalue weighted by atomic mass is 10.1. The molecule has 9 heteroatoms. The number of anilines is 2. The van der Waals surface area contributed by atoms with Gasteiger partial charge >= 0.3 is 0 Å². The second-order valence-corrected chi connectivity index (χ2v) is 8.42. The fraction of sp³-hybridized carbons (Fsp3) is 0.208. The smallest absolute Gasteiger partial charge is 0.160 e. The molecule has 1 saturated heterocycles. The molecule has 1 aromatic carbocycles. The molecule has 6 rings (SSSR count). The number of hydrogen-bond acceptors (Lipinski definition) is 7. The summed E-state index contributed by atoms with van der Waals surface area (Å²) >= 11 is 6.19. The topological polar surface area (TPSA) is 70.8 Å². The van der Waals surface area contributed by atoms with Crippen molar-refractivity contribution >= 4 is 28.9 Å². The van der Waals surface area contributed by atoms with Crippen LogP contribution in [0.1, 0.15) is 11.6 Å². The predicted molar refractivity (Wildman–Crippen MR) is 128 cm³/mol. The summed E-state index contributed by atoms with van der Waals surface area (Å²) in [6.07, 6.45) is 7.68. The molecule has 0 saturated carbocycles. The molecular weight excluding hydrogens is 438 g/mol. The summed E-state index contributed by atoms with van der Waals surface area (Å²) in [4.78, 5) is 11.4. The van der Waals surface area contributed by atoms with Gasteiger partial charge in [-0.1, -0.05) is 23.7 Å². The van der Waals surface area contributed by atoms with Gasteiger partial charge in [0, 0.05) is 54.4 Å². The molecule has 2 aliphatic heterocycles. The third-order valence-electron chi connectivity index (χ3n) is 5.85. The van der Waals surface area contributed by atoms with Gasteiger partial charge in [0.15, 0.2) is 11.5 Å². The number of morpholine rings is 1. The van der Waals surface area contributed by atoms with E-state index in [1.165, 1.54) is 0 Å². The van der Waals surface area contributed by atoms with Crippen LogP contribution in [0.4, 0.5) is 11.6 Å². The molecule has 0 spiro atoms. The van der Waals surface area contributed by atoms with Gasteiger partial charge in [-0.15, -0.1) is 0 Å². The van der Waals surface area contributed by atoms with Gasteiger partial charge in [0.05, 0.1) is 24.9 Å². The molecule has 1 fully saturated rings.